The minimum Gasteiger partial charge on any atom is -0.407 e. The number of alkyl halides is 1. The lowest BCUT2D eigenvalue weighted by atomic mass is 10.0. The van der Waals surface area contributed by atoms with E-state index in [2.05, 4.69) is 142 Å². The van der Waals surface area contributed by atoms with E-state index in [0.29, 0.717) is 12.2 Å². The van der Waals surface area contributed by atoms with Gasteiger partial charge in [-0.3, -0.25) is 14.4 Å². The van der Waals surface area contributed by atoms with Gasteiger partial charge in [-0.25, -0.2) is 5.06 Å². The number of rotatable bonds is 49. The second-order valence-corrected chi connectivity index (χ2v) is 28.2. The third-order valence-electron chi connectivity index (χ3n) is 15.1. The number of Topliss-reactive ketones (excluding diaryl/α,β-unsaturated/α-hetero) is 1. The van der Waals surface area contributed by atoms with E-state index in [-0.39, 0.29) is 18.4 Å². The first-order valence-corrected chi connectivity index (χ1v) is 35.5. The number of hydrogen-bond donors (Lipinski definition) is 0. The maximum absolute atomic E-state index is 12.3. The minimum atomic E-state index is -2.42. The third-order valence-corrected chi connectivity index (χ3v) is 20.7. The molecule has 5 nitrogen and oxygen atoms in total. The summed E-state index contributed by atoms with van der Waals surface area (Å²) in [7, 11) is 0.779. The number of carbonyl (C=O) groups excluding carboxylic acids is 2. The van der Waals surface area contributed by atoms with E-state index in [1.807, 2.05) is 0 Å². The van der Waals surface area contributed by atoms with Gasteiger partial charge >= 0.3 is 0 Å². The van der Waals surface area contributed by atoms with Crippen LogP contribution in [0.5, 0.6) is 0 Å². The van der Waals surface area contributed by atoms with Crippen LogP contribution < -0.4 is 10.4 Å². The Balaban J connectivity index is 0. The molecule has 1 amide bonds. The summed E-state index contributed by atoms with van der Waals surface area (Å²) in [5, 5.41) is 5.24. The van der Waals surface area contributed by atoms with Crippen molar-refractivity contribution in [3.05, 3.63) is 85.0 Å². The van der Waals surface area contributed by atoms with Gasteiger partial charge in [-0.1, -0.05) is 310 Å². The molecule has 2 rings (SSSR count). The van der Waals surface area contributed by atoms with Crippen LogP contribution in [0.15, 0.2) is 85.0 Å². The fourth-order valence-electron chi connectivity index (χ4n) is 10.1. The molecule has 0 aliphatic carbocycles. The highest BCUT2D eigenvalue weighted by molar-refractivity contribution is 9.09. The Labute approximate surface area is 495 Å². The molecule has 0 atom stereocenters. The second kappa shape index (κ2) is 57.9. The summed E-state index contributed by atoms with van der Waals surface area (Å²) in [6.45, 7) is 14.6. The van der Waals surface area contributed by atoms with E-state index >= 15 is 0 Å². The molecule has 0 N–H and O–H groups in total. The number of hydroxylamine groups is 2. The molecular formula is C71H128BrNO4Si. The van der Waals surface area contributed by atoms with Crippen LogP contribution in [0, 0.1) is 0 Å². The van der Waals surface area contributed by atoms with E-state index in [4.69, 9.17) is 9.26 Å². The Hall–Kier alpha value is -2.32. The van der Waals surface area contributed by atoms with Crippen molar-refractivity contribution >= 4 is 46.3 Å². The SMILES string of the molecule is C.CCCCCC/C=C\CCCCCCCCC(=O)CCCCCCCCO[Si](c1ccccc1)(c1ccccc1)C(C)(C)C.CCCCCCC/C=C\CCCCCCCCC(=O)N(C)OC.CCCCCCCCCBr. The van der Waals surface area contributed by atoms with Gasteiger partial charge in [0.1, 0.15) is 5.78 Å². The van der Waals surface area contributed by atoms with Gasteiger partial charge in [0.25, 0.3) is 8.32 Å². The zero-order valence-electron chi connectivity index (χ0n) is 51.9. The topological polar surface area (TPSA) is 55.8 Å². The molecule has 0 saturated carbocycles. The van der Waals surface area contributed by atoms with E-state index in [1.54, 1.807) is 7.05 Å². The number of halogens is 1. The average molecular weight is 1170 g/mol. The summed E-state index contributed by atoms with van der Waals surface area (Å²) >= 11 is 3.43. The summed E-state index contributed by atoms with van der Waals surface area (Å²) in [5.41, 5.74) is 0. The van der Waals surface area contributed by atoms with Crippen LogP contribution in [-0.4, -0.2) is 51.2 Å². The monoisotopic (exact) mass is 1170 g/mol. The van der Waals surface area contributed by atoms with Gasteiger partial charge in [-0.2, -0.15) is 0 Å². The van der Waals surface area contributed by atoms with Crippen LogP contribution in [0.2, 0.25) is 5.04 Å². The molecular weight excluding hydrogens is 1040 g/mol. The van der Waals surface area contributed by atoms with Crippen molar-refractivity contribution in [2.75, 3.05) is 26.1 Å². The van der Waals surface area contributed by atoms with Gasteiger partial charge in [0.15, 0.2) is 0 Å². The molecule has 0 saturated heterocycles. The van der Waals surface area contributed by atoms with Crippen molar-refractivity contribution in [1.82, 2.24) is 5.06 Å². The molecule has 0 unspecified atom stereocenters. The van der Waals surface area contributed by atoms with Gasteiger partial charge in [-0.05, 0) is 98.9 Å². The van der Waals surface area contributed by atoms with Crippen molar-refractivity contribution in [3.8, 4) is 0 Å². The average Bonchev–Trinajstić information content (AvgIpc) is 3.45. The molecule has 452 valence electrons. The van der Waals surface area contributed by atoms with Gasteiger partial charge in [0.2, 0.25) is 5.91 Å². The van der Waals surface area contributed by atoms with Crippen molar-refractivity contribution < 1.29 is 18.9 Å². The predicted molar refractivity (Wildman–Crippen MR) is 353 cm³/mol. The Morgan fingerprint density at radius 2 is 0.769 bits per heavy atom. The van der Waals surface area contributed by atoms with Crippen LogP contribution in [-0.2, 0) is 18.9 Å². The molecule has 2 aromatic rings. The lowest BCUT2D eigenvalue weighted by Gasteiger charge is -2.43. The summed E-state index contributed by atoms with van der Waals surface area (Å²) in [4.78, 5) is 28.7. The van der Waals surface area contributed by atoms with Crippen molar-refractivity contribution in [1.29, 1.82) is 0 Å². The molecule has 7 heteroatoms. The summed E-state index contributed by atoms with van der Waals surface area (Å²) in [5.74, 6) is 0.556. The van der Waals surface area contributed by atoms with Crippen LogP contribution in [0.3, 0.4) is 0 Å². The number of ketones is 1. The van der Waals surface area contributed by atoms with E-state index in [0.717, 1.165) is 51.6 Å². The number of hydrogen-bond acceptors (Lipinski definition) is 4. The summed E-state index contributed by atoms with van der Waals surface area (Å²) in [6, 6.07) is 21.9. The standard InChI is InChI=1S/C41H66O2Si.C20H39NO2.C9H19Br.CH4/c1-5-6-7-8-9-10-11-12-13-14-15-16-19-24-31-38(42)32-25-20-17-18-21-30-37-43-44(41(2,3)4,39-33-26-22-27-34-39)40-35-28-23-29-36-40;1-4-5-6-7-8-9-10-11-12-13-14-15-16-17-18-19-20(22)21(2)23-3;1-2-3-4-5-6-7-8-9-10;/h10-11,22-23,26-29,33-36H,5-9,12-21,24-25,30-32,37H2,1-4H3;10-11H,4-9,12-19H2,1-3H3;2-9H2,1H3;1H4/b2*11-10-;;. The fraction of sp³-hybridized carbons (Fsp3) is 0.746. The van der Waals surface area contributed by atoms with Gasteiger partial charge in [-0.15, -0.1) is 0 Å². The smallest absolute Gasteiger partial charge is 0.261 e. The number of carbonyl (C=O) groups is 2. The second-order valence-electron chi connectivity index (χ2n) is 23.1. The largest absolute Gasteiger partial charge is 0.407 e. The Morgan fingerprint density at radius 1 is 0.462 bits per heavy atom. The number of unbranched alkanes of at least 4 members (excludes halogenated alkanes) is 32. The number of amides is 1. The van der Waals surface area contributed by atoms with E-state index < -0.39 is 8.32 Å². The third kappa shape index (κ3) is 44.3. The molecule has 0 fully saturated rings. The Kier molecular flexibility index (Phi) is 57.7. The summed E-state index contributed by atoms with van der Waals surface area (Å²) in [6.07, 6.45) is 60.6. The van der Waals surface area contributed by atoms with Crippen molar-refractivity contribution in [2.24, 2.45) is 0 Å². The summed E-state index contributed by atoms with van der Waals surface area (Å²) < 4.78 is 7.02. The highest BCUT2D eigenvalue weighted by atomic mass is 79.9. The fourth-order valence-corrected chi connectivity index (χ4v) is 15.1. The predicted octanol–water partition coefficient (Wildman–Crippen LogP) is 22.3. The van der Waals surface area contributed by atoms with Gasteiger partial charge < -0.3 is 4.43 Å². The molecule has 0 aliphatic heterocycles. The highest BCUT2D eigenvalue weighted by Crippen LogP contribution is 2.37. The molecule has 2 aromatic carbocycles. The van der Waals surface area contributed by atoms with E-state index in [1.165, 1.54) is 240 Å². The molecule has 0 radical (unpaired) electrons. The maximum atomic E-state index is 12.3. The zero-order chi connectivity index (χ0) is 56.6. The molecule has 78 heavy (non-hydrogen) atoms. The number of allylic oxidation sites excluding steroid dienone is 4. The Bertz CT molecular complexity index is 1560. The van der Waals surface area contributed by atoms with E-state index in [9.17, 15) is 9.59 Å². The first-order chi connectivity index (χ1) is 37.5. The lowest BCUT2D eigenvalue weighted by molar-refractivity contribution is -0.168. The minimum absolute atomic E-state index is 0. The van der Waals surface area contributed by atoms with Crippen molar-refractivity contribution in [3.63, 3.8) is 0 Å². The maximum Gasteiger partial charge on any atom is 0.261 e. The molecule has 0 heterocycles. The van der Waals surface area contributed by atoms with Crippen LogP contribution in [0.1, 0.15) is 312 Å². The normalized spacial score (nSPS) is 11.6. The molecule has 0 aliphatic rings. The molecule has 0 bridgehead atoms. The van der Waals surface area contributed by atoms with Crippen LogP contribution >= 0.6 is 15.9 Å². The Morgan fingerprint density at radius 3 is 1.12 bits per heavy atom. The van der Waals surface area contributed by atoms with Crippen LogP contribution in [0.4, 0.5) is 0 Å². The lowest BCUT2D eigenvalue weighted by Crippen LogP contribution is -2.66. The molecule has 0 aromatic heterocycles. The van der Waals surface area contributed by atoms with Gasteiger partial charge in [0, 0.05) is 38.2 Å². The number of benzene rings is 2. The quantitative estimate of drug-likeness (QED) is 0.0218. The molecule has 0 spiro atoms. The van der Waals surface area contributed by atoms with Crippen LogP contribution in [0.25, 0.3) is 0 Å². The highest BCUT2D eigenvalue weighted by Gasteiger charge is 2.49. The van der Waals surface area contributed by atoms with Gasteiger partial charge in [0.05, 0.1) is 7.11 Å². The first kappa shape index (κ1) is 77.7. The zero-order valence-corrected chi connectivity index (χ0v) is 54.5. The van der Waals surface area contributed by atoms with Crippen molar-refractivity contribution in [2.45, 2.75) is 317 Å². The first-order valence-electron chi connectivity index (χ1n) is 32.5. The number of nitrogens with zero attached hydrogens (tertiary/aromatic N) is 1.